The first kappa shape index (κ1) is 99.1. The highest BCUT2D eigenvalue weighted by Crippen LogP contribution is 2.45. The van der Waals surface area contributed by atoms with Gasteiger partial charge in [-0.3, -0.25) is 37.3 Å². The van der Waals surface area contributed by atoms with Crippen LogP contribution in [0.15, 0.2) is 0 Å². The fraction of sp³-hybridized carbons (Fsp3) is 0.951. The highest BCUT2D eigenvalue weighted by Gasteiger charge is 2.30. The lowest BCUT2D eigenvalue weighted by Gasteiger charge is -2.21. The first-order valence-electron chi connectivity index (χ1n) is 42.5. The van der Waals surface area contributed by atoms with E-state index in [1.165, 1.54) is 244 Å². The molecule has 101 heavy (non-hydrogen) atoms. The number of aliphatic hydroxyl groups is 1. The molecule has 0 heterocycles. The zero-order chi connectivity index (χ0) is 74.2. The first-order chi connectivity index (χ1) is 48.9. The van der Waals surface area contributed by atoms with E-state index in [4.69, 9.17) is 37.0 Å². The van der Waals surface area contributed by atoms with Crippen LogP contribution in [0.2, 0.25) is 0 Å². The lowest BCUT2D eigenvalue weighted by molar-refractivity contribution is -0.161. The second-order valence-electron chi connectivity index (χ2n) is 30.5. The molecular weight excluding hydrogens is 1320 g/mol. The van der Waals surface area contributed by atoms with Crippen LogP contribution in [0.3, 0.4) is 0 Å². The van der Waals surface area contributed by atoms with Gasteiger partial charge in [-0.05, 0) is 37.5 Å². The maximum Gasteiger partial charge on any atom is 0.472 e. The van der Waals surface area contributed by atoms with Crippen LogP contribution >= 0.6 is 15.6 Å². The zero-order valence-electron chi connectivity index (χ0n) is 66.2. The maximum atomic E-state index is 13.1. The van der Waals surface area contributed by atoms with Crippen LogP contribution in [-0.4, -0.2) is 96.7 Å². The molecule has 2 unspecified atom stereocenters. The van der Waals surface area contributed by atoms with E-state index in [1.54, 1.807) is 0 Å². The molecule has 0 aliphatic heterocycles. The number of carbonyl (C=O) groups is 4. The number of phosphoric ester groups is 2. The third-order valence-corrected chi connectivity index (χ3v) is 21.1. The van der Waals surface area contributed by atoms with Crippen molar-refractivity contribution >= 4 is 39.5 Å². The Morgan fingerprint density at radius 1 is 0.267 bits per heavy atom. The van der Waals surface area contributed by atoms with E-state index >= 15 is 0 Å². The number of esters is 4. The van der Waals surface area contributed by atoms with Gasteiger partial charge in [0.25, 0.3) is 0 Å². The lowest BCUT2D eigenvalue weighted by Crippen LogP contribution is -2.30. The second-order valence-corrected chi connectivity index (χ2v) is 33.4. The maximum absolute atomic E-state index is 13.1. The van der Waals surface area contributed by atoms with Gasteiger partial charge in [0.05, 0.1) is 26.4 Å². The van der Waals surface area contributed by atoms with Crippen molar-refractivity contribution in [2.24, 2.45) is 11.8 Å². The van der Waals surface area contributed by atoms with Crippen molar-refractivity contribution in [2.45, 2.75) is 452 Å². The van der Waals surface area contributed by atoms with Gasteiger partial charge in [-0.2, -0.15) is 0 Å². The number of hydrogen-bond acceptors (Lipinski definition) is 15. The molecule has 0 spiro atoms. The zero-order valence-corrected chi connectivity index (χ0v) is 68.0. The minimum atomic E-state index is -4.96. The Bertz CT molecular complexity index is 1940. The minimum absolute atomic E-state index is 0.105. The van der Waals surface area contributed by atoms with Crippen LogP contribution in [0.5, 0.6) is 0 Å². The first-order valence-corrected chi connectivity index (χ1v) is 45.5. The van der Waals surface area contributed by atoms with Crippen molar-refractivity contribution in [1.82, 2.24) is 0 Å². The average molecular weight is 1480 g/mol. The van der Waals surface area contributed by atoms with Crippen molar-refractivity contribution < 1.29 is 80.2 Å². The molecule has 3 N–H and O–H groups in total. The Labute approximate surface area is 619 Å². The van der Waals surface area contributed by atoms with E-state index in [0.29, 0.717) is 31.6 Å². The topological polar surface area (TPSA) is 237 Å². The molecular formula is C82H160O17P2. The molecule has 17 nitrogen and oxygen atoms in total. The summed E-state index contributed by atoms with van der Waals surface area (Å²) in [5, 5.41) is 10.6. The molecule has 0 aromatic rings. The SMILES string of the molecule is CCCCCCCCCCCCCCCCCCCCCCCCC(=O)O[C@H](COC(=O)CCCCCCCCCCCCCCCCCCCC)COP(=O)(O)OC[C@@H](O)COP(=O)(O)OC[C@@H](COC(=O)CCCCCCCCC(C)C)OC(=O)CCCCCCCCCCCC(C)C. The van der Waals surface area contributed by atoms with Crippen molar-refractivity contribution in [3.8, 4) is 0 Å². The van der Waals surface area contributed by atoms with Crippen molar-refractivity contribution in [1.29, 1.82) is 0 Å². The van der Waals surface area contributed by atoms with Crippen LogP contribution in [0.1, 0.15) is 433 Å². The van der Waals surface area contributed by atoms with Crippen molar-refractivity contribution in [3.63, 3.8) is 0 Å². The smallest absolute Gasteiger partial charge is 0.462 e. The van der Waals surface area contributed by atoms with Gasteiger partial charge in [0.15, 0.2) is 12.2 Å². The molecule has 0 saturated heterocycles. The van der Waals surface area contributed by atoms with E-state index in [1.807, 2.05) is 0 Å². The largest absolute Gasteiger partial charge is 0.472 e. The van der Waals surface area contributed by atoms with Crippen LogP contribution in [0.25, 0.3) is 0 Å². The molecule has 0 aromatic carbocycles. The summed E-state index contributed by atoms with van der Waals surface area (Å²) < 4.78 is 68.7. The molecule has 19 heteroatoms. The third kappa shape index (κ3) is 76.1. The Balaban J connectivity index is 5.19. The lowest BCUT2D eigenvalue weighted by atomic mass is 10.0. The predicted molar refractivity (Wildman–Crippen MR) is 414 cm³/mol. The Kier molecular flexibility index (Phi) is 72.2. The summed E-state index contributed by atoms with van der Waals surface area (Å²) in [6, 6.07) is 0. The summed E-state index contributed by atoms with van der Waals surface area (Å²) >= 11 is 0. The van der Waals surface area contributed by atoms with Gasteiger partial charge in [0.1, 0.15) is 19.3 Å². The van der Waals surface area contributed by atoms with Crippen LogP contribution in [0, 0.1) is 11.8 Å². The van der Waals surface area contributed by atoms with Gasteiger partial charge >= 0.3 is 39.5 Å². The second kappa shape index (κ2) is 73.6. The summed E-state index contributed by atoms with van der Waals surface area (Å²) in [4.78, 5) is 73.0. The number of ether oxygens (including phenoxy) is 4. The summed E-state index contributed by atoms with van der Waals surface area (Å²) in [5.41, 5.74) is 0. The highest BCUT2D eigenvalue weighted by atomic mass is 31.2. The molecule has 0 aliphatic rings. The number of unbranched alkanes of at least 4 members (excludes halogenated alkanes) is 51. The molecule has 5 atom stereocenters. The molecule has 0 aliphatic carbocycles. The molecule has 0 rings (SSSR count). The van der Waals surface area contributed by atoms with E-state index in [-0.39, 0.29) is 25.7 Å². The minimum Gasteiger partial charge on any atom is -0.462 e. The van der Waals surface area contributed by atoms with Gasteiger partial charge in [-0.15, -0.1) is 0 Å². The van der Waals surface area contributed by atoms with Gasteiger partial charge in [-0.1, -0.05) is 382 Å². The van der Waals surface area contributed by atoms with Crippen LogP contribution in [-0.2, 0) is 65.4 Å². The Morgan fingerprint density at radius 2 is 0.455 bits per heavy atom. The van der Waals surface area contributed by atoms with E-state index in [9.17, 15) is 43.2 Å². The average Bonchev–Trinajstić information content (AvgIpc) is 0.918. The monoisotopic (exact) mass is 1480 g/mol. The number of aliphatic hydroxyl groups excluding tert-OH is 1. The molecule has 0 amide bonds. The summed E-state index contributed by atoms with van der Waals surface area (Å²) in [5.74, 6) is -0.697. The third-order valence-electron chi connectivity index (χ3n) is 19.2. The Morgan fingerprint density at radius 3 is 0.673 bits per heavy atom. The highest BCUT2D eigenvalue weighted by molar-refractivity contribution is 7.47. The van der Waals surface area contributed by atoms with Gasteiger partial charge in [0.2, 0.25) is 0 Å². The molecule has 0 fully saturated rings. The van der Waals surface area contributed by atoms with Crippen molar-refractivity contribution in [3.05, 3.63) is 0 Å². The fourth-order valence-electron chi connectivity index (χ4n) is 12.7. The molecule has 600 valence electrons. The summed E-state index contributed by atoms with van der Waals surface area (Å²) in [6.07, 6.45) is 64.3. The quantitative estimate of drug-likeness (QED) is 0.0222. The van der Waals surface area contributed by atoms with E-state index < -0.39 is 97.5 Å². The fourth-order valence-corrected chi connectivity index (χ4v) is 14.3. The summed E-state index contributed by atoms with van der Waals surface area (Å²) in [6.45, 7) is 9.52. The van der Waals surface area contributed by atoms with E-state index in [2.05, 4.69) is 41.5 Å². The van der Waals surface area contributed by atoms with Crippen LogP contribution in [0.4, 0.5) is 0 Å². The normalized spacial score (nSPS) is 13.9. The standard InChI is InChI=1S/C82H160O17P2/c1-7-9-11-13-15-17-19-21-23-25-27-28-29-30-32-34-36-38-42-46-54-60-66-81(86)98-77(70-92-79(84)64-58-52-45-41-37-35-33-31-26-24-22-20-18-16-14-12-10-8-2)72-96-100(88,89)94-68-76(83)69-95-101(90,91)97-73-78(71-93-80(85)65-59-53-49-48-51-57-63-75(5)6)99-82(87)67-61-55-47-43-39-40-44-50-56-62-74(3)4/h74-78,83H,7-73H2,1-6H3,(H,88,89)(H,90,91)/t76-,77-,78-/m1/s1. The molecule has 0 saturated carbocycles. The molecule has 0 radical (unpaired) electrons. The predicted octanol–water partition coefficient (Wildman–Crippen LogP) is 24.7. The number of carbonyl (C=O) groups excluding carboxylic acids is 4. The van der Waals surface area contributed by atoms with Gasteiger partial charge in [-0.25, -0.2) is 9.13 Å². The summed E-state index contributed by atoms with van der Waals surface area (Å²) in [7, 11) is -9.92. The van der Waals surface area contributed by atoms with Gasteiger partial charge < -0.3 is 33.8 Å². The van der Waals surface area contributed by atoms with E-state index in [0.717, 1.165) is 102 Å². The van der Waals surface area contributed by atoms with Crippen molar-refractivity contribution in [2.75, 3.05) is 39.6 Å². The molecule has 0 bridgehead atoms. The number of hydrogen-bond donors (Lipinski definition) is 3. The number of rotatable bonds is 81. The van der Waals surface area contributed by atoms with Crippen LogP contribution < -0.4 is 0 Å². The Hall–Kier alpha value is -1.94. The van der Waals surface area contributed by atoms with Gasteiger partial charge in [0, 0.05) is 25.7 Å². The molecule has 0 aromatic heterocycles. The number of phosphoric acid groups is 2.